The molecule has 1 aliphatic rings. The fraction of sp³-hybridized carbons (Fsp3) is 0.350. The summed E-state index contributed by atoms with van der Waals surface area (Å²) in [5.41, 5.74) is 0.102. The number of ether oxygens (including phenoxy) is 2. The molecule has 1 saturated heterocycles. The highest BCUT2D eigenvalue weighted by molar-refractivity contribution is 7.90. The lowest BCUT2D eigenvalue weighted by Gasteiger charge is -2.32. The van der Waals surface area contributed by atoms with E-state index in [-0.39, 0.29) is 33.9 Å². The van der Waals surface area contributed by atoms with Crippen LogP contribution >= 0.6 is 11.6 Å². The van der Waals surface area contributed by atoms with Crippen molar-refractivity contribution in [3.8, 4) is 0 Å². The van der Waals surface area contributed by atoms with E-state index in [4.69, 9.17) is 21.1 Å². The van der Waals surface area contributed by atoms with Gasteiger partial charge in [-0.3, -0.25) is 19.0 Å². The maximum absolute atomic E-state index is 12.8. The minimum atomic E-state index is -3.87. The van der Waals surface area contributed by atoms with Crippen molar-refractivity contribution >= 4 is 39.3 Å². The van der Waals surface area contributed by atoms with Gasteiger partial charge in [0, 0.05) is 37.5 Å². The van der Waals surface area contributed by atoms with Crippen molar-refractivity contribution in [1.29, 1.82) is 0 Å². The van der Waals surface area contributed by atoms with Crippen molar-refractivity contribution < 1.29 is 32.3 Å². The minimum Gasteiger partial charge on any atom is -0.422 e. The van der Waals surface area contributed by atoms with Gasteiger partial charge in [0.05, 0.1) is 10.5 Å². The van der Waals surface area contributed by atoms with Crippen molar-refractivity contribution in [2.24, 2.45) is 5.92 Å². The van der Waals surface area contributed by atoms with E-state index in [0.717, 1.165) is 6.26 Å². The van der Waals surface area contributed by atoms with Gasteiger partial charge in [0.1, 0.15) is 0 Å². The molecule has 30 heavy (non-hydrogen) atoms. The molecule has 0 amide bonds. The average molecular weight is 454 g/mol. The molecule has 0 unspecified atom stereocenters. The van der Waals surface area contributed by atoms with Gasteiger partial charge < -0.3 is 9.47 Å². The Kier molecular flexibility index (Phi) is 5.79. The van der Waals surface area contributed by atoms with Gasteiger partial charge in [-0.1, -0.05) is 11.6 Å². The summed E-state index contributed by atoms with van der Waals surface area (Å²) in [5, 5.41) is 0.109. The molecule has 160 valence electrons. The molecule has 0 atom stereocenters. The maximum Gasteiger partial charge on any atom is 0.323 e. The summed E-state index contributed by atoms with van der Waals surface area (Å²) in [5.74, 6) is -4.63. The SMILES string of the molecule is CC1(C)OC(=O)C(CCc2c(Cl)ccc(C(=O)n3cccc3)c2S(C)(=O)=O)C(=O)O1. The number of carbonyl (C=O) groups excluding carboxylic acids is 3. The Morgan fingerprint density at radius 3 is 2.23 bits per heavy atom. The summed E-state index contributed by atoms with van der Waals surface area (Å²) in [6.45, 7) is 2.88. The van der Waals surface area contributed by atoms with E-state index < -0.39 is 39.4 Å². The molecule has 1 aromatic heterocycles. The quantitative estimate of drug-likeness (QED) is 0.505. The summed E-state index contributed by atoms with van der Waals surface area (Å²) >= 11 is 6.26. The van der Waals surface area contributed by atoms with Gasteiger partial charge in [0.25, 0.3) is 11.7 Å². The van der Waals surface area contributed by atoms with E-state index in [0.29, 0.717) is 0 Å². The van der Waals surface area contributed by atoms with Crippen molar-refractivity contribution in [3.63, 3.8) is 0 Å². The summed E-state index contributed by atoms with van der Waals surface area (Å²) in [7, 11) is -3.87. The second kappa shape index (κ2) is 7.88. The van der Waals surface area contributed by atoms with E-state index in [9.17, 15) is 22.8 Å². The zero-order valence-corrected chi connectivity index (χ0v) is 18.1. The standard InChI is InChI=1S/C20H20ClNO7S/c1-20(2)28-18(24)14(19(25)29-20)7-6-12-15(21)9-8-13(16(12)30(3,26)27)17(23)22-10-4-5-11-22/h4-5,8-11,14H,6-7H2,1-3H3. The first kappa shape index (κ1) is 22.0. The number of esters is 2. The van der Waals surface area contributed by atoms with Gasteiger partial charge in [-0.05, 0) is 42.7 Å². The fourth-order valence-corrected chi connectivity index (χ4v) is 4.83. The summed E-state index contributed by atoms with van der Waals surface area (Å²) < 4.78 is 36.6. The number of carbonyl (C=O) groups is 3. The Morgan fingerprint density at radius 2 is 1.70 bits per heavy atom. The molecule has 0 N–H and O–H groups in total. The van der Waals surface area contributed by atoms with Crippen molar-refractivity contribution in [3.05, 3.63) is 52.8 Å². The number of nitrogens with zero attached hydrogens (tertiary/aromatic N) is 1. The van der Waals surface area contributed by atoms with E-state index >= 15 is 0 Å². The molecule has 3 rings (SSSR count). The summed E-state index contributed by atoms with van der Waals surface area (Å²) in [6.07, 6.45) is 3.83. The molecular formula is C20H20ClNO7S. The van der Waals surface area contributed by atoms with Crippen LogP contribution in [0.2, 0.25) is 5.02 Å². The lowest BCUT2D eigenvalue weighted by atomic mass is 9.97. The molecule has 2 heterocycles. The van der Waals surface area contributed by atoms with Crippen LogP contribution in [0.15, 0.2) is 41.6 Å². The maximum atomic E-state index is 12.8. The lowest BCUT2D eigenvalue weighted by Crippen LogP contribution is -2.46. The van der Waals surface area contributed by atoms with Crippen molar-refractivity contribution in [2.75, 3.05) is 6.26 Å². The fourth-order valence-electron chi connectivity index (χ4n) is 3.31. The van der Waals surface area contributed by atoms with Crippen LogP contribution in [0, 0.1) is 5.92 Å². The topological polar surface area (TPSA) is 109 Å². The number of benzene rings is 1. The van der Waals surface area contributed by atoms with Crippen LogP contribution < -0.4 is 0 Å². The van der Waals surface area contributed by atoms with E-state index in [1.807, 2.05) is 0 Å². The van der Waals surface area contributed by atoms with Crippen LogP contribution in [0.4, 0.5) is 0 Å². The highest BCUT2D eigenvalue weighted by Crippen LogP contribution is 2.32. The largest absolute Gasteiger partial charge is 0.422 e. The number of cyclic esters (lactones) is 2. The molecule has 1 fully saturated rings. The normalized spacial score (nSPS) is 16.8. The number of hydrogen-bond acceptors (Lipinski definition) is 7. The Bertz CT molecular complexity index is 1100. The molecule has 10 heteroatoms. The van der Waals surface area contributed by atoms with Crippen LogP contribution in [0.25, 0.3) is 0 Å². The molecule has 1 aromatic carbocycles. The van der Waals surface area contributed by atoms with Crippen LogP contribution in [0.1, 0.15) is 36.2 Å². The first-order chi connectivity index (χ1) is 13.9. The minimum absolute atomic E-state index is 0.0523. The van der Waals surface area contributed by atoms with E-state index in [1.165, 1.54) is 42.9 Å². The third-order valence-electron chi connectivity index (χ3n) is 4.59. The van der Waals surface area contributed by atoms with Gasteiger partial charge in [-0.2, -0.15) is 0 Å². The van der Waals surface area contributed by atoms with Gasteiger partial charge >= 0.3 is 11.9 Å². The van der Waals surface area contributed by atoms with Gasteiger partial charge in [-0.25, -0.2) is 8.42 Å². The summed E-state index contributed by atoms with van der Waals surface area (Å²) in [6, 6.07) is 6.03. The molecule has 8 nitrogen and oxygen atoms in total. The molecule has 0 radical (unpaired) electrons. The predicted molar refractivity (Wildman–Crippen MR) is 107 cm³/mol. The highest BCUT2D eigenvalue weighted by atomic mass is 35.5. The van der Waals surface area contributed by atoms with Gasteiger partial charge in [0.15, 0.2) is 15.8 Å². The van der Waals surface area contributed by atoms with Gasteiger partial charge in [-0.15, -0.1) is 0 Å². The Balaban J connectivity index is 1.99. The summed E-state index contributed by atoms with van der Waals surface area (Å²) in [4.78, 5) is 37.0. The molecule has 0 spiro atoms. The van der Waals surface area contributed by atoms with Crippen molar-refractivity contribution in [1.82, 2.24) is 4.57 Å². The number of sulfone groups is 1. The van der Waals surface area contributed by atoms with E-state index in [2.05, 4.69) is 0 Å². The molecule has 1 aliphatic heterocycles. The third kappa shape index (κ3) is 4.41. The Morgan fingerprint density at radius 1 is 1.13 bits per heavy atom. The molecule has 2 aromatic rings. The van der Waals surface area contributed by atoms with Crippen LogP contribution in [-0.4, -0.2) is 42.9 Å². The second-order valence-corrected chi connectivity index (χ2v) is 9.76. The van der Waals surface area contributed by atoms with Crippen LogP contribution in [0.3, 0.4) is 0 Å². The molecule has 0 bridgehead atoms. The van der Waals surface area contributed by atoms with E-state index in [1.54, 1.807) is 12.1 Å². The first-order valence-corrected chi connectivity index (χ1v) is 11.3. The second-order valence-electron chi connectivity index (χ2n) is 7.40. The molecule has 0 aliphatic carbocycles. The average Bonchev–Trinajstić information content (AvgIpc) is 3.14. The number of rotatable bonds is 5. The van der Waals surface area contributed by atoms with Crippen LogP contribution in [-0.2, 0) is 35.3 Å². The highest BCUT2D eigenvalue weighted by Gasteiger charge is 2.43. The number of halogens is 1. The Labute approximate surface area is 178 Å². The van der Waals surface area contributed by atoms with Crippen molar-refractivity contribution in [2.45, 2.75) is 37.4 Å². The molecule has 0 saturated carbocycles. The van der Waals surface area contributed by atoms with Crippen LogP contribution in [0.5, 0.6) is 0 Å². The number of hydrogen-bond donors (Lipinski definition) is 0. The van der Waals surface area contributed by atoms with Gasteiger partial charge in [0.2, 0.25) is 0 Å². The predicted octanol–water partition coefficient (Wildman–Crippen LogP) is 2.62. The number of aromatic nitrogens is 1. The third-order valence-corrected chi connectivity index (χ3v) is 6.15. The Hall–Kier alpha value is -2.65. The first-order valence-electron chi connectivity index (χ1n) is 9.05. The monoisotopic (exact) mass is 453 g/mol. The lowest BCUT2D eigenvalue weighted by molar-refractivity contribution is -0.240. The molecular weight excluding hydrogens is 434 g/mol. The zero-order valence-electron chi connectivity index (χ0n) is 16.5. The smallest absolute Gasteiger partial charge is 0.323 e. The zero-order chi connectivity index (χ0) is 22.3.